The maximum atomic E-state index is 11.4. The van der Waals surface area contributed by atoms with Crippen molar-refractivity contribution in [2.75, 3.05) is 0 Å². The summed E-state index contributed by atoms with van der Waals surface area (Å²) in [6, 6.07) is 10.1. The van der Waals surface area contributed by atoms with Crippen molar-refractivity contribution in [1.29, 1.82) is 0 Å². The van der Waals surface area contributed by atoms with Gasteiger partial charge in [0.25, 0.3) is 0 Å². The van der Waals surface area contributed by atoms with Crippen molar-refractivity contribution in [2.24, 2.45) is 0 Å². The molecule has 0 atom stereocenters. The van der Waals surface area contributed by atoms with Crippen LogP contribution in [0, 0.1) is 0 Å². The lowest BCUT2D eigenvalue weighted by molar-refractivity contribution is 0.0697. The summed E-state index contributed by atoms with van der Waals surface area (Å²) >= 11 is 1.58. The Bertz CT molecular complexity index is 756. The Morgan fingerprint density at radius 3 is 2.90 bits per heavy atom. The Balaban J connectivity index is 2.06. The van der Waals surface area contributed by atoms with Crippen LogP contribution >= 0.6 is 11.3 Å². The first-order valence-electron chi connectivity index (χ1n) is 6.98. The van der Waals surface area contributed by atoms with E-state index in [9.17, 15) is 9.90 Å². The standard InChI is InChI=1S/C16H16N2O2S/c1-2-3-8-18-10-12(16(19)20)15(17-18)14-9-11-6-4-5-7-13(11)21-14/h4-7,9-10H,2-3,8H2,1H3,(H,19,20). The summed E-state index contributed by atoms with van der Waals surface area (Å²) in [6.45, 7) is 2.86. The normalized spacial score (nSPS) is 11.1. The molecular formula is C16H16N2O2S. The summed E-state index contributed by atoms with van der Waals surface area (Å²) in [7, 11) is 0. The van der Waals surface area contributed by atoms with Gasteiger partial charge in [0.05, 0.1) is 4.88 Å². The highest BCUT2D eigenvalue weighted by Crippen LogP contribution is 2.34. The van der Waals surface area contributed by atoms with E-state index in [0.717, 1.165) is 34.3 Å². The van der Waals surface area contributed by atoms with Gasteiger partial charge in [0.2, 0.25) is 0 Å². The first-order chi connectivity index (χ1) is 10.2. The highest BCUT2D eigenvalue weighted by molar-refractivity contribution is 7.22. The molecule has 3 aromatic rings. The fourth-order valence-electron chi connectivity index (χ4n) is 2.29. The summed E-state index contributed by atoms with van der Waals surface area (Å²) in [5.41, 5.74) is 0.845. The number of nitrogens with zero attached hydrogens (tertiary/aromatic N) is 2. The van der Waals surface area contributed by atoms with E-state index in [1.807, 2.05) is 30.3 Å². The van der Waals surface area contributed by atoms with E-state index in [0.29, 0.717) is 5.69 Å². The summed E-state index contributed by atoms with van der Waals surface area (Å²) in [5, 5.41) is 15.0. The minimum atomic E-state index is -0.926. The lowest BCUT2D eigenvalue weighted by Crippen LogP contribution is -1.98. The van der Waals surface area contributed by atoms with Gasteiger partial charge < -0.3 is 5.11 Å². The number of carboxylic acid groups (broad SMARTS) is 1. The minimum Gasteiger partial charge on any atom is -0.478 e. The Morgan fingerprint density at radius 1 is 1.38 bits per heavy atom. The van der Waals surface area contributed by atoms with Gasteiger partial charge in [-0.2, -0.15) is 5.10 Å². The zero-order chi connectivity index (χ0) is 14.8. The molecular weight excluding hydrogens is 284 g/mol. The molecule has 3 rings (SSSR count). The Kier molecular flexibility index (Phi) is 3.75. The molecule has 0 radical (unpaired) electrons. The Morgan fingerprint density at radius 2 is 2.19 bits per heavy atom. The molecule has 1 N–H and O–H groups in total. The van der Waals surface area contributed by atoms with E-state index in [-0.39, 0.29) is 5.56 Å². The lowest BCUT2D eigenvalue weighted by atomic mass is 10.2. The quantitative estimate of drug-likeness (QED) is 0.766. The highest BCUT2D eigenvalue weighted by Gasteiger charge is 2.18. The number of carboxylic acids is 1. The molecule has 0 amide bonds. The van der Waals surface area contributed by atoms with Crippen molar-refractivity contribution in [2.45, 2.75) is 26.3 Å². The van der Waals surface area contributed by atoms with Crippen molar-refractivity contribution in [3.05, 3.63) is 42.1 Å². The number of aromatic carboxylic acids is 1. The van der Waals surface area contributed by atoms with Crippen LogP contribution in [0.25, 0.3) is 20.7 Å². The maximum absolute atomic E-state index is 11.4. The smallest absolute Gasteiger partial charge is 0.339 e. The lowest BCUT2D eigenvalue weighted by Gasteiger charge is -1.97. The van der Waals surface area contributed by atoms with Crippen molar-refractivity contribution in [1.82, 2.24) is 9.78 Å². The third-order valence-electron chi connectivity index (χ3n) is 3.39. The summed E-state index contributed by atoms with van der Waals surface area (Å²) < 4.78 is 2.89. The van der Waals surface area contributed by atoms with Gasteiger partial charge in [0.1, 0.15) is 11.3 Å². The molecule has 21 heavy (non-hydrogen) atoms. The first-order valence-corrected chi connectivity index (χ1v) is 7.80. The second kappa shape index (κ2) is 5.69. The highest BCUT2D eigenvalue weighted by atomic mass is 32.1. The van der Waals surface area contributed by atoms with Crippen LogP contribution in [0.15, 0.2) is 36.5 Å². The van der Waals surface area contributed by atoms with Crippen LogP contribution in [0.1, 0.15) is 30.1 Å². The largest absolute Gasteiger partial charge is 0.478 e. The number of benzene rings is 1. The molecule has 4 nitrogen and oxygen atoms in total. The molecule has 0 bridgehead atoms. The number of fused-ring (bicyclic) bond motifs is 1. The molecule has 0 aliphatic carbocycles. The number of thiophene rings is 1. The van der Waals surface area contributed by atoms with Crippen LogP contribution < -0.4 is 0 Å². The molecule has 0 fully saturated rings. The third-order valence-corrected chi connectivity index (χ3v) is 4.51. The van der Waals surface area contributed by atoms with Crippen LogP contribution in [0.3, 0.4) is 0 Å². The number of hydrogen-bond acceptors (Lipinski definition) is 3. The number of hydrogen-bond donors (Lipinski definition) is 1. The predicted molar refractivity (Wildman–Crippen MR) is 84.9 cm³/mol. The topological polar surface area (TPSA) is 55.1 Å². The average Bonchev–Trinajstić information content (AvgIpc) is 3.08. The number of rotatable bonds is 5. The van der Waals surface area contributed by atoms with E-state index in [1.165, 1.54) is 0 Å². The molecule has 2 heterocycles. The third kappa shape index (κ3) is 2.69. The van der Waals surface area contributed by atoms with Gasteiger partial charge in [-0.25, -0.2) is 4.79 Å². The van der Waals surface area contributed by atoms with Crippen LogP contribution in [-0.2, 0) is 6.54 Å². The zero-order valence-corrected chi connectivity index (χ0v) is 12.6. The van der Waals surface area contributed by atoms with Crippen molar-refractivity contribution in [3.8, 4) is 10.6 Å². The van der Waals surface area contributed by atoms with Crippen molar-refractivity contribution in [3.63, 3.8) is 0 Å². The van der Waals surface area contributed by atoms with Crippen LogP contribution in [0.4, 0.5) is 0 Å². The van der Waals surface area contributed by atoms with Gasteiger partial charge >= 0.3 is 5.97 Å². The monoisotopic (exact) mass is 300 g/mol. The van der Waals surface area contributed by atoms with Gasteiger partial charge in [-0.15, -0.1) is 11.3 Å². The number of carbonyl (C=O) groups is 1. The predicted octanol–water partition coefficient (Wildman–Crippen LogP) is 4.26. The van der Waals surface area contributed by atoms with E-state index >= 15 is 0 Å². The summed E-state index contributed by atoms with van der Waals surface area (Å²) in [4.78, 5) is 12.4. The fourth-order valence-corrected chi connectivity index (χ4v) is 3.35. The second-order valence-electron chi connectivity index (χ2n) is 4.96. The zero-order valence-electron chi connectivity index (χ0n) is 11.7. The van der Waals surface area contributed by atoms with E-state index < -0.39 is 5.97 Å². The van der Waals surface area contributed by atoms with Gasteiger partial charge in [-0.1, -0.05) is 31.5 Å². The van der Waals surface area contributed by atoms with Gasteiger partial charge in [-0.3, -0.25) is 4.68 Å². The van der Waals surface area contributed by atoms with Crippen LogP contribution in [0.2, 0.25) is 0 Å². The first kappa shape index (κ1) is 13.8. The molecule has 5 heteroatoms. The number of aryl methyl sites for hydroxylation is 1. The second-order valence-corrected chi connectivity index (χ2v) is 6.05. The molecule has 108 valence electrons. The number of aromatic nitrogens is 2. The van der Waals surface area contributed by atoms with E-state index in [2.05, 4.69) is 12.0 Å². The van der Waals surface area contributed by atoms with E-state index in [1.54, 1.807) is 22.2 Å². The molecule has 2 aromatic heterocycles. The molecule has 0 saturated heterocycles. The molecule has 0 spiro atoms. The van der Waals surface area contributed by atoms with Crippen LogP contribution in [-0.4, -0.2) is 20.9 Å². The van der Waals surface area contributed by atoms with Gasteiger partial charge in [0, 0.05) is 17.4 Å². The van der Waals surface area contributed by atoms with Gasteiger partial charge in [-0.05, 0) is 23.9 Å². The van der Waals surface area contributed by atoms with Crippen molar-refractivity contribution >= 4 is 27.4 Å². The van der Waals surface area contributed by atoms with Crippen LogP contribution in [0.5, 0.6) is 0 Å². The van der Waals surface area contributed by atoms with Crippen molar-refractivity contribution < 1.29 is 9.90 Å². The average molecular weight is 300 g/mol. The number of unbranched alkanes of at least 4 members (excludes halogenated alkanes) is 1. The SMILES string of the molecule is CCCCn1cc(C(=O)O)c(-c2cc3ccccc3s2)n1. The molecule has 0 unspecified atom stereocenters. The summed E-state index contributed by atoms with van der Waals surface area (Å²) in [5.74, 6) is -0.926. The summed E-state index contributed by atoms with van der Waals surface area (Å²) in [6.07, 6.45) is 3.69. The molecule has 0 aliphatic heterocycles. The van der Waals surface area contributed by atoms with E-state index in [4.69, 9.17) is 0 Å². The van der Waals surface area contributed by atoms with Gasteiger partial charge in [0.15, 0.2) is 0 Å². The Labute approximate surface area is 126 Å². The molecule has 0 aliphatic rings. The minimum absolute atomic E-state index is 0.276. The molecule has 1 aromatic carbocycles. The fraction of sp³-hybridized carbons (Fsp3) is 0.250. The maximum Gasteiger partial charge on any atom is 0.339 e. The molecule has 0 saturated carbocycles. The Hall–Kier alpha value is -2.14.